The van der Waals surface area contributed by atoms with Crippen LogP contribution in [0.4, 0.5) is 0 Å². The van der Waals surface area contributed by atoms with Gasteiger partial charge in [-0.25, -0.2) is 0 Å². The third-order valence-corrected chi connectivity index (χ3v) is 6.16. The number of benzene rings is 1. The minimum absolute atomic E-state index is 0.280. The van der Waals surface area contributed by atoms with Crippen LogP contribution < -0.4 is 20.9 Å². The first-order chi connectivity index (χ1) is 15.6. The van der Waals surface area contributed by atoms with Gasteiger partial charge >= 0.3 is 0 Å². The Bertz CT molecular complexity index is 607. The maximum atomic E-state index is 12.1. The minimum atomic E-state index is -0.287. The summed E-state index contributed by atoms with van der Waals surface area (Å²) in [5.74, 6) is 0.687. The molecule has 0 radical (unpaired) electrons. The molecule has 0 aliphatic carbocycles. The number of carbonyl (C=O) groups excluding carboxylic acids is 1. The first-order valence-corrected chi connectivity index (χ1v) is 12.9. The number of rotatable bonds is 21. The molecule has 1 amide bonds. The monoisotopic (exact) mass is 448 g/mol. The quantitative estimate of drug-likeness (QED) is 0.211. The van der Waals surface area contributed by atoms with Gasteiger partial charge in [-0.1, -0.05) is 103 Å². The maximum Gasteiger partial charge on any atom is 0.224 e. The Kier molecular flexibility index (Phi) is 16.6. The van der Waals surface area contributed by atoms with Crippen LogP contribution in [0.15, 0.2) is 18.2 Å². The Morgan fingerprint density at radius 2 is 1.38 bits per heavy atom. The molecule has 184 valence electrons. The predicted octanol–water partition coefficient (Wildman–Crippen LogP) is 6.47. The minimum Gasteiger partial charge on any atom is -0.493 e. The molecule has 0 bridgehead atoms. The standard InChI is InChI=1S/C27H48N2O3/c1-3-4-5-6-7-8-9-10-11-12-13-14-15-16-17-24(27(29)30)23-18-19-25(32-21-20-28)26(22-23)31-2/h18-19,22,24H,3-17,20-21,28H2,1-2H3,(H2,29,30). The summed E-state index contributed by atoms with van der Waals surface area (Å²) in [6, 6.07) is 5.61. The summed E-state index contributed by atoms with van der Waals surface area (Å²) in [6.07, 6.45) is 19.3. The molecule has 4 N–H and O–H groups in total. The van der Waals surface area contributed by atoms with E-state index in [-0.39, 0.29) is 11.8 Å². The molecule has 0 heterocycles. The highest BCUT2D eigenvalue weighted by Gasteiger charge is 2.19. The van der Waals surface area contributed by atoms with E-state index < -0.39 is 0 Å². The largest absolute Gasteiger partial charge is 0.493 e. The van der Waals surface area contributed by atoms with Gasteiger partial charge in [-0.2, -0.15) is 0 Å². The van der Waals surface area contributed by atoms with Crippen molar-refractivity contribution < 1.29 is 14.3 Å². The zero-order chi connectivity index (χ0) is 23.4. The van der Waals surface area contributed by atoms with Gasteiger partial charge in [0.15, 0.2) is 11.5 Å². The fraction of sp³-hybridized carbons (Fsp3) is 0.741. The van der Waals surface area contributed by atoms with Crippen LogP contribution in [-0.2, 0) is 4.79 Å². The molecule has 1 rings (SSSR count). The fourth-order valence-electron chi connectivity index (χ4n) is 4.21. The highest BCUT2D eigenvalue weighted by atomic mass is 16.5. The Balaban J connectivity index is 2.21. The lowest BCUT2D eigenvalue weighted by Gasteiger charge is -2.17. The van der Waals surface area contributed by atoms with E-state index in [1.165, 1.54) is 77.0 Å². The topological polar surface area (TPSA) is 87.6 Å². The molecule has 0 spiro atoms. The fourth-order valence-corrected chi connectivity index (χ4v) is 4.21. The molecule has 0 aliphatic heterocycles. The summed E-state index contributed by atoms with van der Waals surface area (Å²) in [6.45, 7) is 3.13. The van der Waals surface area contributed by atoms with Crippen LogP contribution in [0.3, 0.4) is 0 Å². The zero-order valence-electron chi connectivity index (χ0n) is 20.7. The van der Waals surface area contributed by atoms with Crippen LogP contribution >= 0.6 is 0 Å². The molecule has 1 aromatic rings. The molecule has 0 fully saturated rings. The molecular weight excluding hydrogens is 400 g/mol. The number of ether oxygens (including phenoxy) is 2. The van der Waals surface area contributed by atoms with Crippen molar-refractivity contribution in [2.45, 2.75) is 109 Å². The van der Waals surface area contributed by atoms with Crippen molar-refractivity contribution in [3.05, 3.63) is 23.8 Å². The molecule has 1 aromatic carbocycles. The summed E-state index contributed by atoms with van der Waals surface area (Å²) in [4.78, 5) is 12.1. The van der Waals surface area contributed by atoms with E-state index in [0.29, 0.717) is 24.7 Å². The lowest BCUT2D eigenvalue weighted by Crippen LogP contribution is -2.21. The van der Waals surface area contributed by atoms with Gasteiger partial charge in [-0.05, 0) is 24.1 Å². The second-order valence-electron chi connectivity index (χ2n) is 8.89. The average molecular weight is 449 g/mol. The molecule has 0 saturated heterocycles. The van der Waals surface area contributed by atoms with Crippen molar-refractivity contribution in [2.24, 2.45) is 11.5 Å². The van der Waals surface area contributed by atoms with E-state index in [1.54, 1.807) is 7.11 Å². The van der Waals surface area contributed by atoms with Crippen molar-refractivity contribution >= 4 is 5.91 Å². The van der Waals surface area contributed by atoms with Gasteiger partial charge in [-0.15, -0.1) is 0 Å². The summed E-state index contributed by atoms with van der Waals surface area (Å²) >= 11 is 0. The maximum absolute atomic E-state index is 12.1. The van der Waals surface area contributed by atoms with Gasteiger partial charge in [-0.3, -0.25) is 4.79 Å². The number of amides is 1. The van der Waals surface area contributed by atoms with Gasteiger partial charge in [0.25, 0.3) is 0 Å². The van der Waals surface area contributed by atoms with Crippen molar-refractivity contribution in [3.63, 3.8) is 0 Å². The van der Waals surface area contributed by atoms with E-state index in [9.17, 15) is 4.79 Å². The number of hydrogen-bond donors (Lipinski definition) is 2. The van der Waals surface area contributed by atoms with Crippen molar-refractivity contribution in [3.8, 4) is 11.5 Å². The normalized spacial score (nSPS) is 12.0. The molecule has 0 saturated carbocycles. The first kappa shape index (κ1) is 28.3. The van der Waals surface area contributed by atoms with Gasteiger partial charge < -0.3 is 20.9 Å². The van der Waals surface area contributed by atoms with Gasteiger partial charge in [0.05, 0.1) is 13.0 Å². The number of hydrogen-bond acceptors (Lipinski definition) is 4. The summed E-state index contributed by atoms with van der Waals surface area (Å²) < 4.78 is 11.0. The van der Waals surface area contributed by atoms with E-state index in [1.807, 2.05) is 18.2 Å². The highest BCUT2D eigenvalue weighted by Crippen LogP contribution is 2.32. The van der Waals surface area contributed by atoms with E-state index in [4.69, 9.17) is 20.9 Å². The van der Waals surface area contributed by atoms with Crippen molar-refractivity contribution in [1.29, 1.82) is 0 Å². The van der Waals surface area contributed by atoms with Crippen LogP contribution in [0, 0.1) is 0 Å². The van der Waals surface area contributed by atoms with Crippen LogP contribution in [0.25, 0.3) is 0 Å². The first-order valence-electron chi connectivity index (χ1n) is 12.9. The second-order valence-corrected chi connectivity index (χ2v) is 8.89. The van der Waals surface area contributed by atoms with Crippen LogP contribution in [0.5, 0.6) is 11.5 Å². The van der Waals surface area contributed by atoms with E-state index >= 15 is 0 Å². The molecular formula is C27H48N2O3. The van der Waals surface area contributed by atoms with Crippen molar-refractivity contribution in [1.82, 2.24) is 0 Å². The molecule has 1 atom stereocenters. The summed E-state index contributed by atoms with van der Waals surface area (Å²) in [5, 5.41) is 0. The number of methoxy groups -OCH3 is 1. The Labute approximate surface area is 196 Å². The predicted molar refractivity (Wildman–Crippen MR) is 134 cm³/mol. The summed E-state index contributed by atoms with van der Waals surface area (Å²) in [5.41, 5.74) is 12.1. The second kappa shape index (κ2) is 18.8. The Morgan fingerprint density at radius 3 is 1.84 bits per heavy atom. The molecule has 1 unspecified atom stereocenters. The lowest BCUT2D eigenvalue weighted by atomic mass is 9.92. The van der Waals surface area contributed by atoms with Gasteiger partial charge in [0.1, 0.15) is 6.61 Å². The number of carbonyl (C=O) groups is 1. The number of nitrogens with two attached hydrogens (primary N) is 2. The van der Waals surface area contributed by atoms with Crippen LogP contribution in [0.1, 0.15) is 115 Å². The zero-order valence-corrected chi connectivity index (χ0v) is 20.7. The molecule has 5 nitrogen and oxygen atoms in total. The van der Waals surface area contributed by atoms with Gasteiger partial charge in [0, 0.05) is 6.54 Å². The molecule has 32 heavy (non-hydrogen) atoms. The third kappa shape index (κ3) is 12.3. The average Bonchev–Trinajstić information content (AvgIpc) is 2.80. The number of unbranched alkanes of at least 4 members (excludes halogenated alkanes) is 13. The Morgan fingerprint density at radius 1 is 0.844 bits per heavy atom. The number of primary amides is 1. The lowest BCUT2D eigenvalue weighted by molar-refractivity contribution is -0.119. The van der Waals surface area contributed by atoms with Crippen LogP contribution in [-0.4, -0.2) is 26.2 Å². The molecule has 0 aliphatic rings. The van der Waals surface area contributed by atoms with Gasteiger partial charge in [0.2, 0.25) is 5.91 Å². The summed E-state index contributed by atoms with van der Waals surface area (Å²) in [7, 11) is 1.60. The van der Waals surface area contributed by atoms with Crippen LogP contribution in [0.2, 0.25) is 0 Å². The molecule has 5 heteroatoms. The third-order valence-electron chi connectivity index (χ3n) is 6.16. The smallest absolute Gasteiger partial charge is 0.224 e. The Hall–Kier alpha value is -1.75. The van der Waals surface area contributed by atoms with E-state index in [0.717, 1.165) is 24.8 Å². The SMILES string of the molecule is CCCCCCCCCCCCCCCCC(C(N)=O)c1ccc(OCCN)c(OC)c1. The molecule has 0 aromatic heterocycles. The van der Waals surface area contributed by atoms with Crippen molar-refractivity contribution in [2.75, 3.05) is 20.3 Å². The highest BCUT2D eigenvalue weighted by molar-refractivity contribution is 5.82. The van der Waals surface area contributed by atoms with E-state index in [2.05, 4.69) is 6.92 Å².